The van der Waals surface area contributed by atoms with Crippen LogP contribution in [0, 0.1) is 0 Å². The molecule has 1 aromatic rings. The van der Waals surface area contributed by atoms with Crippen molar-refractivity contribution < 1.29 is 4.74 Å². The second kappa shape index (κ2) is 5.72. The van der Waals surface area contributed by atoms with E-state index in [-0.39, 0.29) is 0 Å². The van der Waals surface area contributed by atoms with Crippen molar-refractivity contribution in [3.05, 3.63) is 29.8 Å². The molecule has 18 heavy (non-hydrogen) atoms. The highest BCUT2D eigenvalue weighted by Gasteiger charge is 2.26. The Morgan fingerprint density at radius 2 is 2.00 bits per heavy atom. The Labute approximate surface area is 110 Å². The summed E-state index contributed by atoms with van der Waals surface area (Å²) in [6, 6.07) is 10.00. The number of methoxy groups -OCH3 is 1. The lowest BCUT2D eigenvalue weighted by atomic mass is 10.1. The van der Waals surface area contributed by atoms with E-state index in [1.807, 2.05) is 12.1 Å². The standard InChI is InChI=1S/C15H24N2O/c1-11-9-14(10-17(11)3)16-12(2)13-5-7-15(18-4)8-6-13/h5-8,11-12,14,16H,9-10H2,1-4H3/t11?,12-,14?/m0/s1. The largest absolute Gasteiger partial charge is 0.497 e. The number of hydrogen-bond acceptors (Lipinski definition) is 3. The molecular weight excluding hydrogens is 224 g/mol. The van der Waals surface area contributed by atoms with E-state index in [0.717, 1.165) is 12.3 Å². The minimum absolute atomic E-state index is 0.389. The number of nitrogens with one attached hydrogen (secondary N) is 1. The summed E-state index contributed by atoms with van der Waals surface area (Å²) in [6.07, 6.45) is 1.23. The molecule has 0 spiro atoms. The Morgan fingerprint density at radius 1 is 1.33 bits per heavy atom. The molecule has 3 nitrogen and oxygen atoms in total. The molecule has 0 aliphatic carbocycles. The van der Waals surface area contributed by atoms with Crippen LogP contribution < -0.4 is 10.1 Å². The fourth-order valence-corrected chi connectivity index (χ4v) is 2.66. The number of hydrogen-bond donors (Lipinski definition) is 1. The van der Waals surface area contributed by atoms with Crippen LogP contribution in [0.5, 0.6) is 5.75 Å². The summed E-state index contributed by atoms with van der Waals surface area (Å²) in [6.45, 7) is 5.66. The summed E-state index contributed by atoms with van der Waals surface area (Å²) in [4.78, 5) is 2.42. The third kappa shape index (κ3) is 3.03. The quantitative estimate of drug-likeness (QED) is 0.885. The van der Waals surface area contributed by atoms with Gasteiger partial charge in [-0.2, -0.15) is 0 Å². The van der Waals surface area contributed by atoms with E-state index in [2.05, 4.69) is 43.2 Å². The monoisotopic (exact) mass is 248 g/mol. The molecular formula is C15H24N2O. The predicted molar refractivity (Wildman–Crippen MR) is 75.0 cm³/mol. The van der Waals surface area contributed by atoms with E-state index in [1.165, 1.54) is 12.0 Å². The lowest BCUT2D eigenvalue weighted by Crippen LogP contribution is -2.33. The van der Waals surface area contributed by atoms with Crippen LogP contribution >= 0.6 is 0 Å². The smallest absolute Gasteiger partial charge is 0.118 e. The first-order valence-corrected chi connectivity index (χ1v) is 6.70. The van der Waals surface area contributed by atoms with Crippen molar-refractivity contribution in [2.45, 2.75) is 38.4 Å². The molecule has 2 rings (SSSR count). The number of likely N-dealkylation sites (tertiary alicyclic amines) is 1. The number of rotatable bonds is 4. The molecule has 1 saturated heterocycles. The Morgan fingerprint density at radius 3 is 2.50 bits per heavy atom. The summed E-state index contributed by atoms with van der Waals surface area (Å²) in [5.41, 5.74) is 1.32. The first-order chi connectivity index (χ1) is 8.60. The van der Waals surface area contributed by atoms with Crippen LogP contribution in [0.3, 0.4) is 0 Å². The molecule has 1 heterocycles. The van der Waals surface area contributed by atoms with Crippen molar-refractivity contribution in [1.29, 1.82) is 0 Å². The van der Waals surface area contributed by atoms with Gasteiger partial charge in [0.05, 0.1) is 7.11 Å². The summed E-state index contributed by atoms with van der Waals surface area (Å²) >= 11 is 0. The van der Waals surface area contributed by atoms with E-state index in [9.17, 15) is 0 Å². The molecule has 0 aromatic heterocycles. The number of benzene rings is 1. The van der Waals surface area contributed by atoms with Crippen LogP contribution in [0.2, 0.25) is 0 Å². The molecule has 1 fully saturated rings. The van der Waals surface area contributed by atoms with Gasteiger partial charge in [0.15, 0.2) is 0 Å². The van der Waals surface area contributed by atoms with Crippen molar-refractivity contribution in [2.75, 3.05) is 20.7 Å². The molecule has 0 saturated carbocycles. The zero-order valence-electron chi connectivity index (χ0n) is 11.8. The first-order valence-electron chi connectivity index (χ1n) is 6.70. The molecule has 3 atom stereocenters. The van der Waals surface area contributed by atoms with Crippen molar-refractivity contribution in [2.24, 2.45) is 0 Å². The van der Waals surface area contributed by atoms with Gasteiger partial charge in [0.1, 0.15) is 5.75 Å². The molecule has 1 N–H and O–H groups in total. The molecule has 100 valence electrons. The Balaban J connectivity index is 1.93. The van der Waals surface area contributed by atoms with Crippen LogP contribution in [0.4, 0.5) is 0 Å². The molecule has 1 aliphatic rings. The fourth-order valence-electron chi connectivity index (χ4n) is 2.66. The lowest BCUT2D eigenvalue weighted by Gasteiger charge is -2.20. The molecule has 0 amide bonds. The minimum Gasteiger partial charge on any atom is -0.497 e. The van der Waals surface area contributed by atoms with Gasteiger partial charge in [-0.05, 0) is 45.0 Å². The third-order valence-corrected chi connectivity index (χ3v) is 3.99. The summed E-state index contributed by atoms with van der Waals surface area (Å²) < 4.78 is 5.18. The zero-order chi connectivity index (χ0) is 13.1. The summed E-state index contributed by atoms with van der Waals surface area (Å²) in [7, 11) is 3.90. The van der Waals surface area contributed by atoms with E-state index in [4.69, 9.17) is 4.74 Å². The Kier molecular flexibility index (Phi) is 4.25. The highest BCUT2D eigenvalue weighted by Crippen LogP contribution is 2.21. The van der Waals surface area contributed by atoms with Crippen molar-refractivity contribution >= 4 is 0 Å². The lowest BCUT2D eigenvalue weighted by molar-refractivity contribution is 0.325. The molecule has 1 aromatic carbocycles. The van der Waals surface area contributed by atoms with Gasteiger partial charge in [-0.15, -0.1) is 0 Å². The van der Waals surface area contributed by atoms with Crippen LogP contribution in [-0.4, -0.2) is 37.7 Å². The summed E-state index contributed by atoms with van der Waals surface area (Å²) in [5.74, 6) is 0.917. The Bertz CT molecular complexity index is 367. The van der Waals surface area contributed by atoms with Gasteiger partial charge in [0.25, 0.3) is 0 Å². The topological polar surface area (TPSA) is 24.5 Å². The molecule has 0 bridgehead atoms. The Hall–Kier alpha value is -1.06. The van der Waals surface area contributed by atoms with Gasteiger partial charge >= 0.3 is 0 Å². The number of likely N-dealkylation sites (N-methyl/N-ethyl adjacent to an activating group) is 1. The van der Waals surface area contributed by atoms with Crippen molar-refractivity contribution in [3.63, 3.8) is 0 Å². The van der Waals surface area contributed by atoms with Gasteiger partial charge in [0, 0.05) is 24.7 Å². The highest BCUT2D eigenvalue weighted by atomic mass is 16.5. The second-order valence-electron chi connectivity index (χ2n) is 5.38. The summed E-state index contributed by atoms with van der Waals surface area (Å²) in [5, 5.41) is 3.71. The van der Waals surface area contributed by atoms with Gasteiger partial charge in [-0.1, -0.05) is 12.1 Å². The van der Waals surface area contributed by atoms with Crippen molar-refractivity contribution in [3.8, 4) is 5.75 Å². The van der Waals surface area contributed by atoms with Gasteiger partial charge in [0.2, 0.25) is 0 Å². The average molecular weight is 248 g/mol. The van der Waals surface area contributed by atoms with Gasteiger partial charge in [-0.25, -0.2) is 0 Å². The first kappa shape index (κ1) is 13.4. The maximum absolute atomic E-state index is 5.18. The molecule has 1 aliphatic heterocycles. The van der Waals surface area contributed by atoms with Gasteiger partial charge < -0.3 is 15.0 Å². The third-order valence-electron chi connectivity index (χ3n) is 3.99. The zero-order valence-corrected chi connectivity index (χ0v) is 11.8. The van der Waals surface area contributed by atoms with Crippen LogP contribution in [-0.2, 0) is 0 Å². The average Bonchev–Trinajstić information content (AvgIpc) is 2.68. The van der Waals surface area contributed by atoms with E-state index >= 15 is 0 Å². The normalized spacial score (nSPS) is 26.2. The number of ether oxygens (including phenoxy) is 1. The fraction of sp³-hybridized carbons (Fsp3) is 0.600. The van der Waals surface area contributed by atoms with Crippen LogP contribution in [0.15, 0.2) is 24.3 Å². The molecule has 0 radical (unpaired) electrons. The minimum atomic E-state index is 0.389. The second-order valence-corrected chi connectivity index (χ2v) is 5.38. The van der Waals surface area contributed by atoms with Gasteiger partial charge in [-0.3, -0.25) is 0 Å². The van der Waals surface area contributed by atoms with Crippen LogP contribution in [0.1, 0.15) is 31.9 Å². The SMILES string of the molecule is COc1ccc([C@H](C)NC2CC(C)N(C)C2)cc1. The predicted octanol–water partition coefficient (Wildman–Crippen LogP) is 2.44. The molecule has 3 heteroatoms. The van der Waals surface area contributed by atoms with E-state index in [0.29, 0.717) is 18.1 Å². The maximum atomic E-state index is 5.18. The van der Waals surface area contributed by atoms with Crippen LogP contribution in [0.25, 0.3) is 0 Å². The molecule has 2 unspecified atom stereocenters. The highest BCUT2D eigenvalue weighted by molar-refractivity contribution is 5.28. The van der Waals surface area contributed by atoms with E-state index < -0.39 is 0 Å². The maximum Gasteiger partial charge on any atom is 0.118 e. The van der Waals surface area contributed by atoms with Crippen molar-refractivity contribution in [1.82, 2.24) is 10.2 Å². The van der Waals surface area contributed by atoms with E-state index in [1.54, 1.807) is 7.11 Å². The number of nitrogens with zero attached hydrogens (tertiary/aromatic N) is 1.